The third-order valence-electron chi connectivity index (χ3n) is 3.40. The van der Waals surface area contributed by atoms with E-state index < -0.39 is 0 Å². The highest BCUT2D eigenvalue weighted by atomic mass is 16.5. The molecule has 0 aliphatic carbocycles. The highest BCUT2D eigenvalue weighted by Gasteiger charge is 2.18. The summed E-state index contributed by atoms with van der Waals surface area (Å²) in [5.41, 5.74) is 9.18. The van der Waals surface area contributed by atoms with E-state index in [9.17, 15) is 0 Å². The van der Waals surface area contributed by atoms with Crippen LogP contribution in [0.3, 0.4) is 0 Å². The van der Waals surface area contributed by atoms with Gasteiger partial charge in [0.25, 0.3) is 0 Å². The van der Waals surface area contributed by atoms with Crippen LogP contribution in [0, 0.1) is 5.92 Å². The molecule has 0 radical (unpaired) electrons. The molecule has 94 valence electrons. The molecular formula is C14H17N3O. The first kappa shape index (κ1) is 11.3. The van der Waals surface area contributed by atoms with Gasteiger partial charge in [-0.15, -0.1) is 0 Å². The lowest BCUT2D eigenvalue weighted by Gasteiger charge is -2.25. The Kier molecular flexibility index (Phi) is 2.80. The lowest BCUT2D eigenvalue weighted by atomic mass is 9.97. The van der Waals surface area contributed by atoms with Gasteiger partial charge >= 0.3 is 0 Å². The van der Waals surface area contributed by atoms with E-state index in [2.05, 4.69) is 29.4 Å². The number of anilines is 1. The largest absolute Gasteiger partial charge is 0.384 e. The molecule has 0 amide bonds. The fraction of sp³-hybridized carbons (Fsp3) is 0.357. The van der Waals surface area contributed by atoms with Crippen molar-refractivity contribution in [2.75, 3.05) is 18.9 Å². The zero-order valence-corrected chi connectivity index (χ0v) is 10.5. The van der Waals surface area contributed by atoms with Crippen LogP contribution in [-0.2, 0) is 18.2 Å². The number of benzene rings is 1. The zero-order valence-electron chi connectivity index (χ0n) is 10.5. The van der Waals surface area contributed by atoms with Crippen LogP contribution in [0.25, 0.3) is 11.3 Å². The first-order valence-electron chi connectivity index (χ1n) is 6.19. The second kappa shape index (κ2) is 4.46. The first-order valence-corrected chi connectivity index (χ1v) is 6.19. The standard InChI is InChI=1S/C14H17N3O/c1-17-14(15)7-13(16-17)12-4-2-10(3-5-12)6-11-8-18-9-11/h2-5,7,11H,6,8-9,15H2,1H3. The summed E-state index contributed by atoms with van der Waals surface area (Å²) in [6.07, 6.45) is 1.10. The molecule has 1 saturated heterocycles. The van der Waals surface area contributed by atoms with Crippen molar-refractivity contribution in [3.63, 3.8) is 0 Å². The Balaban J connectivity index is 1.77. The van der Waals surface area contributed by atoms with Gasteiger partial charge in [0.05, 0.1) is 18.9 Å². The molecule has 2 aromatic rings. The van der Waals surface area contributed by atoms with E-state index in [1.807, 2.05) is 13.1 Å². The van der Waals surface area contributed by atoms with E-state index in [1.54, 1.807) is 4.68 Å². The first-order chi connectivity index (χ1) is 8.72. The number of nitrogens with zero attached hydrogens (tertiary/aromatic N) is 2. The Morgan fingerprint density at radius 3 is 2.56 bits per heavy atom. The maximum Gasteiger partial charge on any atom is 0.121 e. The summed E-state index contributed by atoms with van der Waals surface area (Å²) in [6, 6.07) is 10.4. The number of hydrogen-bond donors (Lipinski definition) is 1. The number of hydrogen-bond acceptors (Lipinski definition) is 3. The molecule has 4 nitrogen and oxygen atoms in total. The van der Waals surface area contributed by atoms with Gasteiger partial charge in [-0.3, -0.25) is 4.68 Å². The number of aromatic nitrogens is 2. The fourth-order valence-electron chi connectivity index (χ4n) is 2.17. The molecule has 18 heavy (non-hydrogen) atoms. The van der Waals surface area contributed by atoms with Crippen molar-refractivity contribution < 1.29 is 4.74 Å². The Morgan fingerprint density at radius 1 is 1.33 bits per heavy atom. The summed E-state index contributed by atoms with van der Waals surface area (Å²) in [6.45, 7) is 1.80. The molecule has 0 bridgehead atoms. The molecular weight excluding hydrogens is 226 g/mol. The normalized spacial score (nSPS) is 15.6. The molecule has 0 unspecified atom stereocenters. The van der Waals surface area contributed by atoms with Crippen molar-refractivity contribution >= 4 is 5.82 Å². The molecule has 3 rings (SSSR count). The molecule has 1 aliphatic heterocycles. The lowest BCUT2D eigenvalue weighted by Crippen LogP contribution is -2.29. The van der Waals surface area contributed by atoms with Gasteiger partial charge in [-0.05, 0) is 12.0 Å². The SMILES string of the molecule is Cn1nc(-c2ccc(CC3COC3)cc2)cc1N. The summed E-state index contributed by atoms with van der Waals surface area (Å²) in [4.78, 5) is 0. The third-order valence-corrected chi connectivity index (χ3v) is 3.40. The van der Waals surface area contributed by atoms with E-state index in [-0.39, 0.29) is 0 Å². The van der Waals surface area contributed by atoms with E-state index in [0.29, 0.717) is 11.7 Å². The summed E-state index contributed by atoms with van der Waals surface area (Å²) in [5.74, 6) is 1.38. The van der Waals surface area contributed by atoms with Crippen LogP contribution in [-0.4, -0.2) is 23.0 Å². The fourth-order valence-corrected chi connectivity index (χ4v) is 2.17. The molecule has 1 aromatic carbocycles. The molecule has 0 atom stereocenters. The Hall–Kier alpha value is -1.81. The van der Waals surface area contributed by atoms with Gasteiger partial charge < -0.3 is 10.5 Å². The molecule has 2 N–H and O–H groups in total. The van der Waals surface area contributed by atoms with Crippen LogP contribution < -0.4 is 5.73 Å². The van der Waals surface area contributed by atoms with Gasteiger partial charge in [-0.2, -0.15) is 5.10 Å². The van der Waals surface area contributed by atoms with Gasteiger partial charge in [-0.1, -0.05) is 24.3 Å². The molecule has 0 saturated carbocycles. The van der Waals surface area contributed by atoms with E-state index >= 15 is 0 Å². The van der Waals surface area contributed by atoms with E-state index in [0.717, 1.165) is 30.9 Å². The lowest BCUT2D eigenvalue weighted by molar-refractivity contribution is -0.0312. The minimum absolute atomic E-state index is 0.681. The van der Waals surface area contributed by atoms with Crippen molar-refractivity contribution in [1.82, 2.24) is 9.78 Å². The smallest absolute Gasteiger partial charge is 0.121 e. The minimum Gasteiger partial charge on any atom is -0.384 e. The van der Waals surface area contributed by atoms with Crippen LogP contribution in [0.4, 0.5) is 5.82 Å². The summed E-state index contributed by atoms with van der Waals surface area (Å²) in [7, 11) is 1.85. The molecule has 0 spiro atoms. The maximum atomic E-state index is 5.79. The molecule has 2 heterocycles. The Labute approximate surface area is 106 Å². The number of ether oxygens (including phenoxy) is 1. The predicted molar refractivity (Wildman–Crippen MR) is 71.1 cm³/mol. The average molecular weight is 243 g/mol. The summed E-state index contributed by atoms with van der Waals surface area (Å²) < 4.78 is 6.88. The monoisotopic (exact) mass is 243 g/mol. The van der Waals surface area contributed by atoms with Crippen molar-refractivity contribution in [3.05, 3.63) is 35.9 Å². The Morgan fingerprint density at radius 2 is 2.06 bits per heavy atom. The average Bonchev–Trinajstić information content (AvgIpc) is 2.65. The zero-order chi connectivity index (χ0) is 12.5. The highest BCUT2D eigenvalue weighted by Crippen LogP contribution is 2.22. The second-order valence-corrected chi connectivity index (χ2v) is 4.88. The van der Waals surface area contributed by atoms with Crippen LogP contribution in [0.1, 0.15) is 5.56 Å². The third kappa shape index (κ3) is 2.11. The summed E-state index contributed by atoms with van der Waals surface area (Å²) >= 11 is 0. The topological polar surface area (TPSA) is 53.1 Å². The number of nitrogen functional groups attached to an aromatic ring is 1. The van der Waals surface area contributed by atoms with Crippen molar-refractivity contribution in [2.24, 2.45) is 13.0 Å². The number of rotatable bonds is 3. The van der Waals surface area contributed by atoms with Gasteiger partial charge in [0.15, 0.2) is 0 Å². The van der Waals surface area contributed by atoms with E-state index in [1.165, 1.54) is 5.56 Å². The summed E-state index contributed by atoms with van der Waals surface area (Å²) in [5, 5.41) is 4.37. The van der Waals surface area contributed by atoms with Crippen LogP contribution in [0.2, 0.25) is 0 Å². The van der Waals surface area contributed by atoms with Crippen LogP contribution in [0.15, 0.2) is 30.3 Å². The van der Waals surface area contributed by atoms with Gasteiger partial charge in [-0.25, -0.2) is 0 Å². The van der Waals surface area contributed by atoms with Crippen LogP contribution >= 0.6 is 0 Å². The molecule has 1 aromatic heterocycles. The van der Waals surface area contributed by atoms with Crippen molar-refractivity contribution in [2.45, 2.75) is 6.42 Å². The van der Waals surface area contributed by atoms with E-state index in [4.69, 9.17) is 10.5 Å². The second-order valence-electron chi connectivity index (χ2n) is 4.88. The molecule has 1 fully saturated rings. The number of nitrogens with two attached hydrogens (primary N) is 1. The highest BCUT2D eigenvalue weighted by molar-refractivity contribution is 5.62. The van der Waals surface area contributed by atoms with Gasteiger partial charge in [0.1, 0.15) is 5.82 Å². The van der Waals surface area contributed by atoms with Gasteiger partial charge in [0, 0.05) is 24.6 Å². The van der Waals surface area contributed by atoms with Crippen molar-refractivity contribution in [1.29, 1.82) is 0 Å². The van der Waals surface area contributed by atoms with Crippen molar-refractivity contribution in [3.8, 4) is 11.3 Å². The maximum absolute atomic E-state index is 5.79. The molecule has 1 aliphatic rings. The Bertz CT molecular complexity index is 521. The quantitative estimate of drug-likeness (QED) is 0.895. The van der Waals surface area contributed by atoms with Crippen LogP contribution in [0.5, 0.6) is 0 Å². The molecule has 4 heteroatoms. The minimum atomic E-state index is 0.681. The number of aryl methyl sites for hydroxylation is 1. The predicted octanol–water partition coefficient (Wildman–Crippen LogP) is 1.86. The van der Waals surface area contributed by atoms with Gasteiger partial charge in [0.2, 0.25) is 0 Å².